The molecule has 98 valence electrons. The van der Waals surface area contributed by atoms with Gasteiger partial charge in [0, 0.05) is 6.54 Å². The molecule has 1 rings (SSSR count). The van der Waals surface area contributed by atoms with Crippen LogP contribution in [0.3, 0.4) is 0 Å². The molecule has 6 nitrogen and oxygen atoms in total. The zero-order chi connectivity index (χ0) is 13.1. The summed E-state index contributed by atoms with van der Waals surface area (Å²) in [5.41, 5.74) is 5.14. The van der Waals surface area contributed by atoms with Crippen LogP contribution in [0.4, 0.5) is 0 Å². The van der Waals surface area contributed by atoms with Gasteiger partial charge >= 0.3 is 0 Å². The molecule has 0 fully saturated rings. The Bertz CT molecular complexity index is 358. The maximum atomic E-state index is 9.16. The SMILES string of the molecule is CCC(C)(C)Cn1cc(C(N)(CO)CO)nn1. The minimum Gasteiger partial charge on any atom is -0.394 e. The quantitative estimate of drug-likeness (QED) is 0.644. The van der Waals surface area contributed by atoms with Gasteiger partial charge < -0.3 is 15.9 Å². The molecule has 0 atom stereocenters. The van der Waals surface area contributed by atoms with Crippen molar-refractivity contribution in [2.45, 2.75) is 39.3 Å². The topological polar surface area (TPSA) is 97.2 Å². The van der Waals surface area contributed by atoms with Crippen LogP contribution in [-0.2, 0) is 12.1 Å². The normalized spacial score (nSPS) is 13.1. The van der Waals surface area contributed by atoms with E-state index in [1.807, 2.05) is 0 Å². The summed E-state index contributed by atoms with van der Waals surface area (Å²) in [5.74, 6) is 0. The van der Waals surface area contributed by atoms with E-state index >= 15 is 0 Å². The molecule has 0 spiro atoms. The fraction of sp³-hybridized carbons (Fsp3) is 0.818. The highest BCUT2D eigenvalue weighted by Crippen LogP contribution is 2.22. The predicted molar refractivity (Wildman–Crippen MR) is 64.1 cm³/mol. The number of hydrogen-bond donors (Lipinski definition) is 3. The van der Waals surface area contributed by atoms with E-state index < -0.39 is 5.54 Å². The van der Waals surface area contributed by atoms with Crippen LogP contribution in [0, 0.1) is 5.41 Å². The van der Waals surface area contributed by atoms with Crippen LogP contribution in [0.5, 0.6) is 0 Å². The number of aromatic nitrogens is 3. The van der Waals surface area contributed by atoms with Gasteiger partial charge in [0.15, 0.2) is 0 Å². The van der Waals surface area contributed by atoms with E-state index in [-0.39, 0.29) is 18.6 Å². The van der Waals surface area contributed by atoms with E-state index in [9.17, 15) is 0 Å². The molecular formula is C11H22N4O2. The molecule has 1 aromatic rings. The Morgan fingerprint density at radius 2 is 1.94 bits per heavy atom. The van der Waals surface area contributed by atoms with Crippen molar-refractivity contribution >= 4 is 0 Å². The number of nitrogens with zero attached hydrogens (tertiary/aromatic N) is 3. The Morgan fingerprint density at radius 3 is 2.41 bits per heavy atom. The molecule has 1 aromatic heterocycles. The number of hydrogen-bond acceptors (Lipinski definition) is 5. The molecule has 0 unspecified atom stereocenters. The first-order valence-electron chi connectivity index (χ1n) is 5.78. The van der Waals surface area contributed by atoms with Gasteiger partial charge in [-0.2, -0.15) is 0 Å². The van der Waals surface area contributed by atoms with Crippen LogP contribution in [0.15, 0.2) is 6.20 Å². The Kier molecular flexibility index (Phi) is 4.24. The molecule has 0 bridgehead atoms. The Hall–Kier alpha value is -0.980. The number of rotatable bonds is 6. The van der Waals surface area contributed by atoms with Gasteiger partial charge in [-0.15, -0.1) is 5.10 Å². The summed E-state index contributed by atoms with van der Waals surface area (Å²) < 4.78 is 1.70. The molecule has 0 aliphatic carbocycles. The van der Waals surface area contributed by atoms with Crippen molar-refractivity contribution in [2.75, 3.05) is 13.2 Å². The van der Waals surface area contributed by atoms with Crippen molar-refractivity contribution in [2.24, 2.45) is 11.1 Å². The lowest BCUT2D eigenvalue weighted by molar-refractivity contribution is 0.118. The molecule has 0 aromatic carbocycles. The summed E-state index contributed by atoms with van der Waals surface area (Å²) in [5, 5.41) is 26.2. The molecular weight excluding hydrogens is 220 g/mol. The molecule has 0 aliphatic rings. The van der Waals surface area contributed by atoms with Crippen molar-refractivity contribution in [3.05, 3.63) is 11.9 Å². The van der Waals surface area contributed by atoms with Gasteiger partial charge in [-0.25, -0.2) is 0 Å². The predicted octanol–water partition coefficient (Wildman–Crippen LogP) is -0.147. The average Bonchev–Trinajstić information content (AvgIpc) is 2.76. The number of aliphatic hydroxyl groups excluding tert-OH is 2. The van der Waals surface area contributed by atoms with Crippen LogP contribution in [0.2, 0.25) is 0 Å². The van der Waals surface area contributed by atoms with Crippen LogP contribution in [0.25, 0.3) is 0 Å². The van der Waals surface area contributed by atoms with Crippen molar-refractivity contribution in [3.63, 3.8) is 0 Å². The first-order chi connectivity index (χ1) is 7.87. The van der Waals surface area contributed by atoms with E-state index in [4.69, 9.17) is 15.9 Å². The summed E-state index contributed by atoms with van der Waals surface area (Å²) in [7, 11) is 0. The van der Waals surface area contributed by atoms with Crippen LogP contribution >= 0.6 is 0 Å². The molecule has 4 N–H and O–H groups in total. The third-order valence-corrected chi connectivity index (χ3v) is 3.16. The molecule has 17 heavy (non-hydrogen) atoms. The second-order valence-electron chi connectivity index (χ2n) is 5.29. The highest BCUT2D eigenvalue weighted by atomic mass is 16.3. The van der Waals surface area contributed by atoms with Gasteiger partial charge in [0.2, 0.25) is 0 Å². The Morgan fingerprint density at radius 1 is 1.35 bits per heavy atom. The molecule has 6 heteroatoms. The van der Waals surface area contributed by atoms with Gasteiger partial charge in [0.05, 0.1) is 19.4 Å². The maximum Gasteiger partial charge on any atom is 0.109 e. The monoisotopic (exact) mass is 242 g/mol. The minimum absolute atomic E-state index is 0.126. The fourth-order valence-electron chi connectivity index (χ4n) is 1.37. The van der Waals surface area contributed by atoms with Gasteiger partial charge in [0.1, 0.15) is 11.2 Å². The largest absolute Gasteiger partial charge is 0.394 e. The number of aliphatic hydroxyl groups is 2. The fourth-order valence-corrected chi connectivity index (χ4v) is 1.37. The summed E-state index contributed by atoms with van der Waals surface area (Å²) in [6, 6.07) is 0. The van der Waals surface area contributed by atoms with Gasteiger partial charge in [0.25, 0.3) is 0 Å². The first kappa shape index (κ1) is 14.1. The van der Waals surface area contributed by atoms with Crippen LogP contribution in [-0.4, -0.2) is 38.4 Å². The highest BCUT2D eigenvalue weighted by molar-refractivity contribution is 5.10. The second kappa shape index (κ2) is 5.12. The molecule has 0 radical (unpaired) electrons. The van der Waals surface area contributed by atoms with E-state index in [0.717, 1.165) is 13.0 Å². The Labute approximate surface area is 101 Å². The van der Waals surface area contributed by atoms with Crippen molar-refractivity contribution < 1.29 is 10.2 Å². The van der Waals surface area contributed by atoms with E-state index in [1.165, 1.54) is 0 Å². The second-order valence-corrected chi connectivity index (χ2v) is 5.29. The maximum absolute atomic E-state index is 9.16. The lowest BCUT2D eigenvalue weighted by Crippen LogP contribution is -2.44. The van der Waals surface area contributed by atoms with E-state index in [1.54, 1.807) is 10.9 Å². The molecule has 0 saturated carbocycles. The minimum atomic E-state index is -1.21. The van der Waals surface area contributed by atoms with Crippen molar-refractivity contribution in [3.8, 4) is 0 Å². The lowest BCUT2D eigenvalue weighted by atomic mass is 9.90. The molecule has 1 heterocycles. The first-order valence-corrected chi connectivity index (χ1v) is 5.78. The van der Waals surface area contributed by atoms with Gasteiger partial charge in [-0.1, -0.05) is 26.0 Å². The van der Waals surface area contributed by atoms with Crippen LogP contribution < -0.4 is 5.73 Å². The zero-order valence-corrected chi connectivity index (χ0v) is 10.7. The standard InChI is InChI=1S/C11H22N4O2/c1-4-10(2,3)6-15-5-9(13-14-15)11(12,7-16)8-17/h5,16-17H,4,6-8,12H2,1-3H3. The molecule has 0 amide bonds. The van der Waals surface area contributed by atoms with E-state index in [2.05, 4.69) is 31.1 Å². The lowest BCUT2D eigenvalue weighted by Gasteiger charge is -2.22. The summed E-state index contributed by atoms with van der Waals surface area (Å²) in [6.07, 6.45) is 2.71. The van der Waals surface area contributed by atoms with Crippen molar-refractivity contribution in [1.82, 2.24) is 15.0 Å². The third kappa shape index (κ3) is 3.24. The average molecular weight is 242 g/mol. The smallest absolute Gasteiger partial charge is 0.109 e. The Balaban J connectivity index is 2.85. The van der Waals surface area contributed by atoms with E-state index in [0.29, 0.717) is 5.69 Å². The number of nitrogens with two attached hydrogens (primary N) is 1. The van der Waals surface area contributed by atoms with Crippen molar-refractivity contribution in [1.29, 1.82) is 0 Å². The van der Waals surface area contributed by atoms with Crippen LogP contribution in [0.1, 0.15) is 32.9 Å². The third-order valence-electron chi connectivity index (χ3n) is 3.16. The molecule has 0 aliphatic heterocycles. The summed E-state index contributed by atoms with van der Waals surface area (Å²) >= 11 is 0. The van der Waals surface area contributed by atoms with Gasteiger partial charge in [-0.05, 0) is 11.8 Å². The van der Waals surface area contributed by atoms with Gasteiger partial charge in [-0.3, -0.25) is 4.68 Å². The molecule has 0 saturated heterocycles. The summed E-state index contributed by atoms with van der Waals surface area (Å²) in [4.78, 5) is 0. The highest BCUT2D eigenvalue weighted by Gasteiger charge is 2.29. The summed E-state index contributed by atoms with van der Waals surface area (Å²) in [6.45, 7) is 6.40. The zero-order valence-electron chi connectivity index (χ0n) is 10.7.